The monoisotopic (exact) mass is 462 g/mol. The number of aromatic nitrogens is 4. The summed E-state index contributed by atoms with van der Waals surface area (Å²) in [4.78, 5) is 53.7. The van der Waals surface area contributed by atoms with Crippen molar-refractivity contribution in [3.8, 4) is 0 Å². The summed E-state index contributed by atoms with van der Waals surface area (Å²) in [6, 6.07) is -1.71. The van der Waals surface area contributed by atoms with Gasteiger partial charge < -0.3 is 41.3 Å². The lowest BCUT2D eigenvalue weighted by Crippen LogP contribution is -2.57. The Morgan fingerprint density at radius 1 is 1.32 bits per heavy atom. The van der Waals surface area contributed by atoms with Gasteiger partial charge in [-0.1, -0.05) is 0 Å². The molecule has 0 aliphatic carbocycles. The van der Waals surface area contributed by atoms with Crippen LogP contribution in [0.15, 0.2) is 12.7 Å². The van der Waals surface area contributed by atoms with E-state index in [0.29, 0.717) is 0 Å². The van der Waals surface area contributed by atoms with E-state index in [1.807, 2.05) is 0 Å². The average molecular weight is 462 g/mol. The van der Waals surface area contributed by atoms with Crippen molar-refractivity contribution in [2.24, 2.45) is 5.73 Å². The van der Waals surface area contributed by atoms with Crippen molar-refractivity contribution in [1.82, 2.24) is 19.5 Å². The molecule has 0 unspecified atom stereocenters. The number of ketones is 1. The molecule has 0 amide bonds. The fraction of sp³-hybridized carbons (Fsp3) is 0.500. The first-order valence-corrected chi connectivity index (χ1v) is 10.1. The number of carbonyl (C=O) groups excluding carboxylic acids is 1. The van der Waals surface area contributed by atoms with Crippen LogP contribution in [0.3, 0.4) is 0 Å². The van der Waals surface area contributed by atoms with Gasteiger partial charge in [0.2, 0.25) is 11.5 Å². The number of carboxylic acids is 1. The number of carboxylic acid groups (broad SMARTS) is 1. The highest BCUT2D eigenvalue weighted by Gasteiger charge is 2.62. The maximum Gasteiger partial charge on any atom is 0.469 e. The number of nitrogens with two attached hydrogens (primary N) is 2. The summed E-state index contributed by atoms with van der Waals surface area (Å²) in [7, 11) is -4.99. The molecule has 0 bridgehead atoms. The molecule has 3 rings (SSSR count). The Hall–Kier alpha value is -2.56. The van der Waals surface area contributed by atoms with Gasteiger partial charge in [0.15, 0.2) is 11.5 Å². The highest BCUT2D eigenvalue weighted by molar-refractivity contribution is 7.46. The molecule has 0 aromatic carbocycles. The molecule has 1 aliphatic rings. The first-order chi connectivity index (χ1) is 14.4. The van der Waals surface area contributed by atoms with Crippen LogP contribution in [0, 0.1) is 0 Å². The Balaban J connectivity index is 2.13. The number of hydrogen-bond donors (Lipinski definition) is 7. The minimum atomic E-state index is -4.99. The van der Waals surface area contributed by atoms with Crippen LogP contribution in [0.5, 0.6) is 0 Å². The normalized spacial score (nSPS) is 27.5. The van der Waals surface area contributed by atoms with Crippen molar-refractivity contribution in [2.45, 2.75) is 36.5 Å². The zero-order valence-electron chi connectivity index (χ0n) is 15.5. The number of rotatable bonds is 8. The smallest absolute Gasteiger partial charge is 0.469 e. The van der Waals surface area contributed by atoms with Crippen LogP contribution in [0.2, 0.25) is 0 Å². The molecule has 170 valence electrons. The van der Waals surface area contributed by atoms with Crippen molar-refractivity contribution in [1.29, 1.82) is 0 Å². The predicted octanol–water partition coefficient (Wildman–Crippen LogP) is -3.34. The largest absolute Gasteiger partial charge is 0.481 e. The second kappa shape index (κ2) is 8.18. The Labute approximate surface area is 172 Å². The maximum atomic E-state index is 13.2. The number of nitrogen functional groups attached to an aromatic ring is 1. The topological polar surface area (TPSA) is 266 Å². The Kier molecular flexibility index (Phi) is 6.09. The van der Waals surface area contributed by atoms with E-state index in [4.69, 9.17) is 31.1 Å². The van der Waals surface area contributed by atoms with Crippen LogP contribution in [0.25, 0.3) is 11.2 Å². The van der Waals surface area contributed by atoms with Gasteiger partial charge in [0.25, 0.3) is 0 Å². The SMILES string of the molecule is Nc1ncnc2c1ncn2[C@]1(C(=O)[C@@H](N)CC(=O)O)O[C@H](COP(=O)(O)O)[C@@H](O)[C@H]1O. The third kappa shape index (κ3) is 4.15. The number of Topliss-reactive ketones (excluding diaryl/α,β-unsaturated/α-hetero) is 1. The summed E-state index contributed by atoms with van der Waals surface area (Å²) in [6.45, 7) is -0.921. The third-order valence-corrected chi connectivity index (χ3v) is 5.13. The van der Waals surface area contributed by atoms with Gasteiger partial charge in [-0.3, -0.25) is 18.7 Å². The van der Waals surface area contributed by atoms with Gasteiger partial charge in [0.1, 0.15) is 36.5 Å². The van der Waals surface area contributed by atoms with E-state index in [-0.39, 0.29) is 17.0 Å². The predicted molar refractivity (Wildman–Crippen MR) is 97.8 cm³/mol. The molecule has 1 fully saturated rings. The molecule has 17 heteroatoms. The zero-order valence-corrected chi connectivity index (χ0v) is 16.4. The standard InChI is InChI=1S/C14H19N6O10P/c15-5(1-7(21)22)10(24)14(20-4-19-8-12(16)17-3-18-13(8)20)11(25)9(23)6(30-14)2-29-31(26,27)28/h3-6,9,11,23,25H,1-2,15H2,(H,21,22)(H2,16,17,18)(H2,26,27,28)/t5-,6+,9+,11+,14+/m0/s1. The van der Waals surface area contributed by atoms with Gasteiger partial charge in [-0.05, 0) is 0 Å². The molecule has 0 saturated carbocycles. The average Bonchev–Trinajstić information content (AvgIpc) is 3.21. The minimum absolute atomic E-state index is 0.00156. The number of aliphatic hydroxyl groups excluding tert-OH is 2. The van der Waals surface area contributed by atoms with Gasteiger partial charge in [-0.25, -0.2) is 19.5 Å². The summed E-state index contributed by atoms with van der Waals surface area (Å²) in [6.07, 6.45) is -4.44. The number of ether oxygens (including phenoxy) is 1. The van der Waals surface area contributed by atoms with E-state index in [2.05, 4.69) is 19.5 Å². The highest BCUT2D eigenvalue weighted by atomic mass is 31.2. The number of hydrogen-bond acceptors (Lipinski definition) is 12. The molecule has 1 saturated heterocycles. The lowest BCUT2D eigenvalue weighted by atomic mass is 9.92. The van der Waals surface area contributed by atoms with Crippen LogP contribution in [-0.4, -0.2) is 87.3 Å². The van der Waals surface area contributed by atoms with E-state index >= 15 is 0 Å². The number of fused-ring (bicyclic) bond motifs is 1. The van der Waals surface area contributed by atoms with Crippen LogP contribution in [0.1, 0.15) is 6.42 Å². The summed E-state index contributed by atoms with van der Waals surface area (Å²) in [5, 5.41) is 30.2. The van der Waals surface area contributed by atoms with E-state index < -0.39 is 62.7 Å². The molecule has 0 radical (unpaired) electrons. The minimum Gasteiger partial charge on any atom is -0.481 e. The first kappa shape index (κ1) is 23.1. The van der Waals surface area contributed by atoms with Crippen molar-refractivity contribution in [3.05, 3.63) is 12.7 Å². The van der Waals surface area contributed by atoms with Gasteiger partial charge in [-0.2, -0.15) is 0 Å². The number of nitrogens with zero attached hydrogens (tertiary/aromatic N) is 4. The van der Waals surface area contributed by atoms with Crippen molar-refractivity contribution < 1.29 is 48.5 Å². The molecular weight excluding hydrogens is 443 g/mol. The molecule has 0 spiro atoms. The van der Waals surface area contributed by atoms with Crippen molar-refractivity contribution in [3.63, 3.8) is 0 Å². The molecule has 16 nitrogen and oxygen atoms in total. The summed E-state index contributed by atoms with van der Waals surface area (Å²) >= 11 is 0. The van der Waals surface area contributed by atoms with E-state index in [9.17, 15) is 24.4 Å². The van der Waals surface area contributed by atoms with Gasteiger partial charge >= 0.3 is 13.8 Å². The fourth-order valence-electron chi connectivity index (χ4n) is 3.27. The lowest BCUT2D eigenvalue weighted by molar-refractivity contribution is -0.176. The number of phosphoric ester groups is 1. The van der Waals surface area contributed by atoms with Gasteiger partial charge in [0.05, 0.1) is 19.1 Å². The van der Waals surface area contributed by atoms with E-state index in [1.165, 1.54) is 0 Å². The van der Waals surface area contributed by atoms with Crippen molar-refractivity contribution >= 4 is 36.6 Å². The Morgan fingerprint density at radius 2 is 2.00 bits per heavy atom. The molecule has 2 aromatic rings. The fourth-order valence-corrected chi connectivity index (χ4v) is 3.61. The summed E-state index contributed by atoms with van der Waals surface area (Å²) < 4.78 is 21.8. The van der Waals surface area contributed by atoms with Crippen molar-refractivity contribution in [2.75, 3.05) is 12.3 Å². The van der Waals surface area contributed by atoms with Crippen LogP contribution in [-0.2, 0) is 29.1 Å². The second-order valence-electron chi connectivity index (χ2n) is 6.69. The van der Waals surface area contributed by atoms with Crippen LogP contribution < -0.4 is 11.5 Å². The number of aliphatic hydroxyl groups is 2. The lowest BCUT2D eigenvalue weighted by Gasteiger charge is -2.33. The Morgan fingerprint density at radius 3 is 2.61 bits per heavy atom. The molecule has 3 heterocycles. The highest BCUT2D eigenvalue weighted by Crippen LogP contribution is 2.42. The summed E-state index contributed by atoms with van der Waals surface area (Å²) in [5.74, 6) is -2.68. The first-order valence-electron chi connectivity index (χ1n) is 8.58. The molecule has 9 N–H and O–H groups in total. The van der Waals surface area contributed by atoms with E-state index in [1.54, 1.807) is 0 Å². The number of anilines is 1. The Bertz CT molecular complexity index is 1060. The quantitative estimate of drug-likeness (QED) is 0.189. The van der Waals surface area contributed by atoms with Crippen LogP contribution >= 0.6 is 7.82 Å². The van der Waals surface area contributed by atoms with Crippen LogP contribution in [0.4, 0.5) is 5.82 Å². The number of aliphatic carboxylic acids is 1. The molecule has 5 atom stereocenters. The second-order valence-corrected chi connectivity index (χ2v) is 7.93. The number of imidazole rings is 1. The van der Waals surface area contributed by atoms with Gasteiger partial charge in [0, 0.05) is 0 Å². The number of carbonyl (C=O) groups is 2. The number of phosphoric acid groups is 1. The summed E-state index contributed by atoms with van der Waals surface area (Å²) in [5.41, 5.74) is 8.75. The van der Waals surface area contributed by atoms with E-state index in [0.717, 1.165) is 17.2 Å². The molecular formula is C14H19N6O10P. The third-order valence-electron chi connectivity index (χ3n) is 4.65. The van der Waals surface area contributed by atoms with Gasteiger partial charge in [-0.15, -0.1) is 0 Å². The molecule has 31 heavy (non-hydrogen) atoms. The zero-order chi connectivity index (χ0) is 23.1. The molecule has 1 aliphatic heterocycles. The maximum absolute atomic E-state index is 13.2. The molecule has 2 aromatic heterocycles.